The minimum Gasteiger partial charge on any atom is -0.322 e. The third-order valence-corrected chi connectivity index (χ3v) is 5.51. The van der Waals surface area contributed by atoms with E-state index in [0.29, 0.717) is 10.6 Å². The van der Waals surface area contributed by atoms with Crippen LogP contribution < -0.4 is 5.32 Å². The van der Waals surface area contributed by atoms with Gasteiger partial charge in [-0.05, 0) is 68.1 Å². The zero-order valence-corrected chi connectivity index (χ0v) is 16.0. The molecule has 0 aliphatic carbocycles. The summed E-state index contributed by atoms with van der Waals surface area (Å²) in [5.74, 6) is -0.170. The Labute approximate surface area is 158 Å². The Kier molecular flexibility index (Phi) is 6.40. The standard InChI is InChI=1S/C20H23ClN2OS/c1-25-17-8-9-19(21)18(13-17)20(24)22-16-7-5-6-15(12-16)14-23-10-3-2-4-11-23/h5-9,12-13H,2-4,10-11,14H2,1H3,(H,22,24). The van der Waals surface area contributed by atoms with E-state index in [9.17, 15) is 4.79 Å². The van der Waals surface area contributed by atoms with Gasteiger partial charge in [-0.2, -0.15) is 0 Å². The minimum atomic E-state index is -0.170. The Morgan fingerprint density at radius 1 is 1.16 bits per heavy atom. The topological polar surface area (TPSA) is 32.3 Å². The van der Waals surface area contributed by atoms with Gasteiger partial charge in [0, 0.05) is 17.1 Å². The Bertz CT molecular complexity index is 744. The highest BCUT2D eigenvalue weighted by atomic mass is 35.5. The monoisotopic (exact) mass is 374 g/mol. The van der Waals surface area contributed by atoms with E-state index in [4.69, 9.17) is 11.6 Å². The average molecular weight is 375 g/mol. The van der Waals surface area contributed by atoms with Crippen LogP contribution in [0.2, 0.25) is 5.02 Å². The molecule has 1 fully saturated rings. The number of carbonyl (C=O) groups is 1. The molecule has 1 aliphatic rings. The van der Waals surface area contributed by atoms with Crippen LogP contribution >= 0.6 is 23.4 Å². The van der Waals surface area contributed by atoms with Gasteiger partial charge in [0.15, 0.2) is 0 Å². The predicted molar refractivity (Wildman–Crippen MR) is 107 cm³/mol. The number of halogens is 1. The average Bonchev–Trinajstić information content (AvgIpc) is 2.63. The van der Waals surface area contributed by atoms with Crippen LogP contribution in [0.1, 0.15) is 35.2 Å². The molecule has 25 heavy (non-hydrogen) atoms. The highest BCUT2D eigenvalue weighted by Crippen LogP contribution is 2.24. The normalized spacial score (nSPS) is 15.1. The second kappa shape index (κ2) is 8.75. The molecular weight excluding hydrogens is 352 g/mol. The summed E-state index contributed by atoms with van der Waals surface area (Å²) in [5, 5.41) is 3.45. The van der Waals surface area contributed by atoms with Gasteiger partial charge in [0.25, 0.3) is 5.91 Å². The maximum Gasteiger partial charge on any atom is 0.257 e. The molecule has 3 nitrogen and oxygen atoms in total. The van der Waals surface area contributed by atoms with Crippen molar-refractivity contribution >= 4 is 35.0 Å². The predicted octanol–water partition coefficient (Wildman–Crippen LogP) is 5.30. The zero-order valence-electron chi connectivity index (χ0n) is 14.4. The van der Waals surface area contributed by atoms with E-state index >= 15 is 0 Å². The SMILES string of the molecule is CSc1ccc(Cl)c(C(=O)Nc2cccc(CN3CCCCC3)c2)c1. The fourth-order valence-electron chi connectivity index (χ4n) is 3.13. The second-order valence-electron chi connectivity index (χ2n) is 6.34. The van der Waals surface area contributed by atoms with E-state index in [1.807, 2.05) is 30.5 Å². The van der Waals surface area contributed by atoms with Crippen molar-refractivity contribution in [2.75, 3.05) is 24.7 Å². The number of benzene rings is 2. The van der Waals surface area contributed by atoms with E-state index in [2.05, 4.69) is 22.3 Å². The molecule has 0 spiro atoms. The number of piperidine rings is 1. The Morgan fingerprint density at radius 3 is 2.72 bits per heavy atom. The third kappa shape index (κ3) is 5.00. The lowest BCUT2D eigenvalue weighted by molar-refractivity contribution is 0.102. The molecule has 3 rings (SSSR count). The molecular formula is C20H23ClN2OS. The van der Waals surface area contributed by atoms with Crippen LogP contribution in [-0.2, 0) is 6.54 Å². The summed E-state index contributed by atoms with van der Waals surface area (Å²) < 4.78 is 0. The molecule has 132 valence electrons. The van der Waals surface area contributed by atoms with Crippen molar-refractivity contribution in [3.63, 3.8) is 0 Å². The lowest BCUT2D eigenvalue weighted by Gasteiger charge is -2.26. The summed E-state index contributed by atoms with van der Waals surface area (Å²) in [6, 6.07) is 13.6. The number of rotatable bonds is 5. The summed E-state index contributed by atoms with van der Waals surface area (Å²) in [6.07, 6.45) is 5.87. The van der Waals surface area contributed by atoms with Gasteiger partial charge in [-0.25, -0.2) is 0 Å². The van der Waals surface area contributed by atoms with Gasteiger partial charge in [-0.15, -0.1) is 11.8 Å². The molecule has 0 bridgehead atoms. The number of likely N-dealkylation sites (tertiary alicyclic amines) is 1. The summed E-state index contributed by atoms with van der Waals surface area (Å²) in [6.45, 7) is 3.26. The number of thioether (sulfide) groups is 1. The summed E-state index contributed by atoms with van der Waals surface area (Å²) >= 11 is 7.79. The second-order valence-corrected chi connectivity index (χ2v) is 7.62. The van der Waals surface area contributed by atoms with Crippen LogP contribution in [0.4, 0.5) is 5.69 Å². The number of amides is 1. The van der Waals surface area contributed by atoms with Crippen molar-refractivity contribution in [3.8, 4) is 0 Å². The first-order valence-corrected chi connectivity index (χ1v) is 10.2. The Balaban J connectivity index is 1.70. The number of anilines is 1. The Hall–Kier alpha value is -1.49. The van der Waals surface area contributed by atoms with Crippen molar-refractivity contribution in [1.29, 1.82) is 0 Å². The molecule has 1 heterocycles. The summed E-state index contributed by atoms with van der Waals surface area (Å²) in [7, 11) is 0. The molecule has 0 saturated carbocycles. The summed E-state index contributed by atoms with van der Waals surface area (Å²) in [5.41, 5.74) is 2.55. The van der Waals surface area contributed by atoms with E-state index in [1.54, 1.807) is 17.8 Å². The molecule has 1 aliphatic heterocycles. The maximum atomic E-state index is 12.6. The van der Waals surface area contributed by atoms with Crippen LogP contribution in [0.15, 0.2) is 47.4 Å². The van der Waals surface area contributed by atoms with Crippen LogP contribution in [0.5, 0.6) is 0 Å². The van der Waals surface area contributed by atoms with E-state index in [1.165, 1.54) is 24.8 Å². The Morgan fingerprint density at radius 2 is 1.96 bits per heavy atom. The molecule has 5 heteroatoms. The third-order valence-electron chi connectivity index (χ3n) is 4.46. The van der Waals surface area contributed by atoms with Crippen molar-refractivity contribution in [1.82, 2.24) is 4.90 Å². The van der Waals surface area contributed by atoms with Crippen LogP contribution in [0.3, 0.4) is 0 Å². The van der Waals surface area contributed by atoms with E-state index in [0.717, 1.165) is 30.2 Å². The van der Waals surface area contributed by atoms with Crippen molar-refractivity contribution in [2.45, 2.75) is 30.7 Å². The van der Waals surface area contributed by atoms with Crippen LogP contribution in [0.25, 0.3) is 0 Å². The van der Waals surface area contributed by atoms with E-state index < -0.39 is 0 Å². The van der Waals surface area contributed by atoms with Crippen LogP contribution in [0, 0.1) is 0 Å². The lowest BCUT2D eigenvalue weighted by atomic mass is 10.1. The molecule has 0 unspecified atom stereocenters. The first-order valence-electron chi connectivity index (χ1n) is 8.62. The van der Waals surface area contributed by atoms with Gasteiger partial charge in [0.1, 0.15) is 0 Å². The molecule has 0 radical (unpaired) electrons. The highest BCUT2D eigenvalue weighted by Gasteiger charge is 2.13. The smallest absolute Gasteiger partial charge is 0.257 e. The van der Waals surface area contributed by atoms with Gasteiger partial charge in [0.2, 0.25) is 0 Å². The molecule has 0 aromatic heterocycles. The number of carbonyl (C=O) groups excluding carboxylic acids is 1. The van der Waals surface area contributed by atoms with Gasteiger partial charge >= 0.3 is 0 Å². The largest absolute Gasteiger partial charge is 0.322 e. The summed E-state index contributed by atoms with van der Waals surface area (Å²) in [4.78, 5) is 16.1. The number of nitrogens with zero attached hydrogens (tertiary/aromatic N) is 1. The quantitative estimate of drug-likeness (QED) is 0.720. The molecule has 0 atom stereocenters. The van der Waals surface area contributed by atoms with Gasteiger partial charge in [-0.1, -0.05) is 30.2 Å². The molecule has 2 aromatic carbocycles. The van der Waals surface area contributed by atoms with Gasteiger partial charge in [-0.3, -0.25) is 9.69 Å². The van der Waals surface area contributed by atoms with Crippen molar-refractivity contribution < 1.29 is 4.79 Å². The van der Waals surface area contributed by atoms with Crippen LogP contribution in [-0.4, -0.2) is 30.2 Å². The lowest BCUT2D eigenvalue weighted by Crippen LogP contribution is -2.29. The molecule has 1 N–H and O–H groups in total. The number of hydrogen-bond acceptors (Lipinski definition) is 3. The molecule has 1 amide bonds. The first-order chi connectivity index (χ1) is 12.2. The fraction of sp³-hybridized carbons (Fsp3) is 0.350. The van der Waals surface area contributed by atoms with E-state index in [-0.39, 0.29) is 5.91 Å². The van der Waals surface area contributed by atoms with Gasteiger partial charge in [0.05, 0.1) is 10.6 Å². The highest BCUT2D eigenvalue weighted by molar-refractivity contribution is 7.98. The van der Waals surface area contributed by atoms with Gasteiger partial charge < -0.3 is 5.32 Å². The van der Waals surface area contributed by atoms with Crippen molar-refractivity contribution in [2.24, 2.45) is 0 Å². The molecule has 2 aromatic rings. The zero-order chi connectivity index (χ0) is 17.6. The number of hydrogen-bond donors (Lipinski definition) is 1. The minimum absolute atomic E-state index is 0.170. The maximum absolute atomic E-state index is 12.6. The number of nitrogens with one attached hydrogen (secondary N) is 1. The first kappa shape index (κ1) is 18.3. The van der Waals surface area contributed by atoms with Crippen molar-refractivity contribution in [3.05, 3.63) is 58.6 Å². The fourth-order valence-corrected chi connectivity index (χ4v) is 3.77. The molecule has 1 saturated heterocycles.